The average Bonchev–Trinajstić information content (AvgIpc) is 2.60. The molecular weight excluding hydrogens is 300 g/mol. The molecule has 24 heavy (non-hydrogen) atoms. The van der Waals surface area contributed by atoms with E-state index in [0.717, 1.165) is 28.6 Å². The Morgan fingerprint density at radius 3 is 2.62 bits per heavy atom. The number of ether oxygens (including phenoxy) is 1. The van der Waals surface area contributed by atoms with Crippen molar-refractivity contribution in [1.29, 1.82) is 0 Å². The van der Waals surface area contributed by atoms with Crippen molar-refractivity contribution >= 4 is 17.3 Å². The highest BCUT2D eigenvalue weighted by Gasteiger charge is 2.03. The minimum Gasteiger partial charge on any atom is -0.496 e. The van der Waals surface area contributed by atoms with Crippen molar-refractivity contribution in [3.05, 3.63) is 72.1 Å². The van der Waals surface area contributed by atoms with E-state index in [-0.39, 0.29) is 0 Å². The number of para-hydroxylation sites is 1. The zero-order valence-corrected chi connectivity index (χ0v) is 13.8. The van der Waals surface area contributed by atoms with Crippen LogP contribution in [-0.2, 0) is 6.54 Å². The third-order valence-electron chi connectivity index (χ3n) is 3.61. The van der Waals surface area contributed by atoms with E-state index in [2.05, 4.69) is 39.7 Å². The van der Waals surface area contributed by atoms with E-state index in [9.17, 15) is 0 Å². The van der Waals surface area contributed by atoms with Crippen LogP contribution in [0.1, 0.15) is 11.1 Å². The molecule has 5 heteroatoms. The first-order valence-corrected chi connectivity index (χ1v) is 7.76. The quantitative estimate of drug-likeness (QED) is 0.714. The highest BCUT2D eigenvalue weighted by molar-refractivity contribution is 5.59. The molecule has 1 aromatic heterocycles. The molecule has 1 heterocycles. The van der Waals surface area contributed by atoms with Gasteiger partial charge in [0.05, 0.1) is 7.11 Å². The van der Waals surface area contributed by atoms with Crippen LogP contribution in [0.4, 0.5) is 17.3 Å². The number of nitrogens with zero attached hydrogens (tertiary/aromatic N) is 2. The van der Waals surface area contributed by atoms with Gasteiger partial charge >= 0.3 is 0 Å². The first-order valence-electron chi connectivity index (χ1n) is 7.76. The number of hydrogen-bond donors (Lipinski definition) is 2. The Labute approximate surface area is 141 Å². The van der Waals surface area contributed by atoms with Gasteiger partial charge in [-0.3, -0.25) is 0 Å². The molecule has 0 fully saturated rings. The van der Waals surface area contributed by atoms with E-state index >= 15 is 0 Å². The average molecular weight is 320 g/mol. The zero-order chi connectivity index (χ0) is 16.8. The Kier molecular flexibility index (Phi) is 4.91. The van der Waals surface area contributed by atoms with Gasteiger partial charge in [0, 0.05) is 23.9 Å². The Balaban J connectivity index is 1.69. The smallest absolute Gasteiger partial charge is 0.135 e. The Morgan fingerprint density at radius 2 is 1.79 bits per heavy atom. The van der Waals surface area contributed by atoms with Crippen molar-refractivity contribution < 1.29 is 4.74 Å². The van der Waals surface area contributed by atoms with Crippen LogP contribution in [0.5, 0.6) is 5.75 Å². The normalized spacial score (nSPS) is 10.2. The van der Waals surface area contributed by atoms with Gasteiger partial charge in [0.1, 0.15) is 23.7 Å². The van der Waals surface area contributed by atoms with Crippen molar-refractivity contribution in [1.82, 2.24) is 9.97 Å². The standard InChI is InChI=1S/C19H20N4O/c1-14-6-5-8-16(10-14)23-19-11-18(21-13-22-19)20-12-15-7-3-4-9-17(15)24-2/h3-11,13H,12H2,1-2H3,(H2,20,21,22,23). The first-order chi connectivity index (χ1) is 11.7. The van der Waals surface area contributed by atoms with Crippen molar-refractivity contribution in [2.24, 2.45) is 0 Å². The topological polar surface area (TPSA) is 59.1 Å². The Hall–Kier alpha value is -3.08. The lowest BCUT2D eigenvalue weighted by atomic mass is 10.2. The molecule has 2 aromatic carbocycles. The van der Waals surface area contributed by atoms with Crippen LogP contribution in [0.25, 0.3) is 0 Å². The monoisotopic (exact) mass is 320 g/mol. The fourth-order valence-corrected chi connectivity index (χ4v) is 2.43. The van der Waals surface area contributed by atoms with Gasteiger partial charge < -0.3 is 15.4 Å². The summed E-state index contributed by atoms with van der Waals surface area (Å²) in [6.45, 7) is 2.69. The van der Waals surface area contributed by atoms with Crippen molar-refractivity contribution in [2.75, 3.05) is 17.7 Å². The molecule has 0 amide bonds. The maximum Gasteiger partial charge on any atom is 0.135 e. The largest absolute Gasteiger partial charge is 0.496 e. The second-order valence-corrected chi connectivity index (χ2v) is 5.45. The number of aromatic nitrogens is 2. The van der Waals surface area contributed by atoms with Crippen molar-refractivity contribution in [3.63, 3.8) is 0 Å². The van der Waals surface area contributed by atoms with Crippen LogP contribution in [0, 0.1) is 6.92 Å². The first kappa shape index (κ1) is 15.8. The second kappa shape index (κ2) is 7.46. The zero-order valence-electron chi connectivity index (χ0n) is 13.8. The van der Waals surface area contributed by atoms with Crippen molar-refractivity contribution in [2.45, 2.75) is 13.5 Å². The molecule has 0 spiro atoms. The molecule has 122 valence electrons. The summed E-state index contributed by atoms with van der Waals surface area (Å²) in [5, 5.41) is 6.59. The van der Waals surface area contributed by atoms with Crippen LogP contribution >= 0.6 is 0 Å². The molecule has 0 aliphatic rings. The lowest BCUT2D eigenvalue weighted by Crippen LogP contribution is -2.04. The van der Waals surface area contributed by atoms with Gasteiger partial charge in [0.25, 0.3) is 0 Å². The van der Waals surface area contributed by atoms with Crippen LogP contribution < -0.4 is 15.4 Å². The molecule has 0 aliphatic heterocycles. The minimum atomic E-state index is 0.630. The van der Waals surface area contributed by atoms with Gasteiger partial charge in [0.2, 0.25) is 0 Å². The van der Waals surface area contributed by atoms with Crippen LogP contribution in [0.3, 0.4) is 0 Å². The summed E-state index contributed by atoms with van der Waals surface area (Å²) in [5.74, 6) is 2.36. The van der Waals surface area contributed by atoms with Gasteiger partial charge in [-0.2, -0.15) is 0 Å². The van der Waals surface area contributed by atoms with Gasteiger partial charge in [-0.05, 0) is 30.7 Å². The van der Waals surface area contributed by atoms with Crippen LogP contribution in [0.2, 0.25) is 0 Å². The highest BCUT2D eigenvalue weighted by atomic mass is 16.5. The van der Waals surface area contributed by atoms with Crippen molar-refractivity contribution in [3.8, 4) is 5.75 Å². The summed E-state index contributed by atoms with van der Waals surface area (Å²) in [7, 11) is 1.67. The van der Waals surface area contributed by atoms with E-state index in [4.69, 9.17) is 4.74 Å². The number of nitrogens with one attached hydrogen (secondary N) is 2. The molecule has 5 nitrogen and oxygen atoms in total. The SMILES string of the molecule is COc1ccccc1CNc1cc(Nc2cccc(C)c2)ncn1. The lowest BCUT2D eigenvalue weighted by molar-refractivity contribution is 0.410. The van der Waals surface area contributed by atoms with E-state index < -0.39 is 0 Å². The number of anilines is 3. The third kappa shape index (κ3) is 4.01. The molecule has 0 aliphatic carbocycles. The molecule has 0 atom stereocenters. The molecule has 0 radical (unpaired) electrons. The number of aryl methyl sites for hydroxylation is 1. The summed E-state index contributed by atoms with van der Waals surface area (Å²) in [4.78, 5) is 8.53. The molecular formula is C19H20N4O. The van der Waals surface area contributed by atoms with Gasteiger partial charge in [-0.1, -0.05) is 30.3 Å². The minimum absolute atomic E-state index is 0.630. The van der Waals surface area contributed by atoms with E-state index in [0.29, 0.717) is 6.54 Å². The molecule has 0 saturated carbocycles. The van der Waals surface area contributed by atoms with Gasteiger partial charge in [-0.25, -0.2) is 9.97 Å². The Bertz CT molecular complexity index is 820. The molecule has 0 unspecified atom stereocenters. The molecule has 0 bridgehead atoms. The predicted molar refractivity (Wildman–Crippen MR) is 96.8 cm³/mol. The number of hydrogen-bond acceptors (Lipinski definition) is 5. The number of rotatable bonds is 6. The molecule has 3 aromatic rings. The van der Waals surface area contributed by atoms with E-state index in [1.54, 1.807) is 13.4 Å². The molecule has 0 saturated heterocycles. The second-order valence-electron chi connectivity index (χ2n) is 5.45. The predicted octanol–water partition coefficient (Wildman–Crippen LogP) is 4.15. The molecule has 2 N–H and O–H groups in total. The summed E-state index contributed by atoms with van der Waals surface area (Å²) in [6, 6.07) is 18.0. The third-order valence-corrected chi connectivity index (χ3v) is 3.61. The van der Waals surface area contributed by atoms with Crippen LogP contribution in [0.15, 0.2) is 60.9 Å². The number of methoxy groups -OCH3 is 1. The summed E-state index contributed by atoms with van der Waals surface area (Å²) in [5.41, 5.74) is 3.28. The maximum absolute atomic E-state index is 5.36. The highest BCUT2D eigenvalue weighted by Crippen LogP contribution is 2.20. The Morgan fingerprint density at radius 1 is 0.958 bits per heavy atom. The van der Waals surface area contributed by atoms with Gasteiger partial charge in [-0.15, -0.1) is 0 Å². The van der Waals surface area contributed by atoms with E-state index in [1.807, 2.05) is 42.5 Å². The fourth-order valence-electron chi connectivity index (χ4n) is 2.43. The molecule has 3 rings (SSSR count). The summed E-state index contributed by atoms with van der Waals surface area (Å²) >= 11 is 0. The van der Waals surface area contributed by atoms with Gasteiger partial charge in [0.15, 0.2) is 0 Å². The fraction of sp³-hybridized carbons (Fsp3) is 0.158. The maximum atomic E-state index is 5.36. The summed E-state index contributed by atoms with van der Waals surface area (Å²) < 4.78 is 5.36. The van der Waals surface area contributed by atoms with E-state index in [1.165, 1.54) is 5.56 Å². The summed E-state index contributed by atoms with van der Waals surface area (Å²) in [6.07, 6.45) is 1.54. The lowest BCUT2D eigenvalue weighted by Gasteiger charge is -2.11. The number of benzene rings is 2. The van der Waals surface area contributed by atoms with Crippen LogP contribution in [-0.4, -0.2) is 17.1 Å².